The Bertz CT molecular complexity index is 482. The van der Waals surface area contributed by atoms with Crippen molar-refractivity contribution in [1.82, 2.24) is 4.98 Å². The molecule has 1 aromatic heterocycles. The molecule has 0 aliphatic heterocycles. The maximum atomic E-state index is 5.87. The summed E-state index contributed by atoms with van der Waals surface area (Å²) >= 11 is 5.87. The Hall–Kier alpha value is -0.910. The molecule has 0 bridgehead atoms. The highest BCUT2D eigenvalue weighted by atomic mass is 35.5. The van der Waals surface area contributed by atoms with Crippen LogP contribution in [0.1, 0.15) is 24.1 Å². The van der Waals surface area contributed by atoms with Crippen LogP contribution in [0.5, 0.6) is 0 Å². The largest absolute Gasteiger partial charge is 0.253 e. The Morgan fingerprint density at radius 1 is 1.12 bits per heavy atom. The summed E-state index contributed by atoms with van der Waals surface area (Å²) in [4.78, 5) is 4.50. The van der Waals surface area contributed by atoms with Crippen LogP contribution in [0.4, 0.5) is 0 Å². The predicted molar refractivity (Wildman–Crippen MR) is 72.6 cm³/mol. The monoisotopic (exact) mass is 249 g/mol. The van der Waals surface area contributed by atoms with Gasteiger partial charge in [-0.25, -0.2) is 0 Å². The lowest BCUT2D eigenvalue weighted by molar-refractivity contribution is 0.878. The van der Waals surface area contributed by atoms with Crippen LogP contribution in [-0.2, 0) is 0 Å². The van der Waals surface area contributed by atoms with E-state index in [0.717, 1.165) is 16.2 Å². The van der Waals surface area contributed by atoms with Gasteiger partial charge in [-0.05, 0) is 29.8 Å². The molecule has 0 saturated carbocycles. The van der Waals surface area contributed by atoms with Gasteiger partial charge in [-0.1, -0.05) is 46.0 Å². The van der Waals surface area contributed by atoms with Gasteiger partial charge in [-0.2, -0.15) is 0 Å². The van der Waals surface area contributed by atoms with Crippen molar-refractivity contribution >= 4 is 26.3 Å². The van der Waals surface area contributed by atoms with Crippen molar-refractivity contribution in [3.63, 3.8) is 0 Å². The molecule has 0 N–H and O–H groups in total. The number of nitrogens with zero attached hydrogens (tertiary/aromatic N) is 1. The number of hydrogen-bond acceptors (Lipinski definition) is 1. The first-order valence-electron chi connectivity index (χ1n) is 5.14. The van der Waals surface area contributed by atoms with Crippen LogP contribution in [0.3, 0.4) is 0 Å². The van der Waals surface area contributed by atoms with Crippen molar-refractivity contribution in [3.8, 4) is 0 Å². The Morgan fingerprint density at radius 2 is 1.81 bits per heavy atom. The van der Waals surface area contributed by atoms with E-state index in [-0.39, 0.29) is 5.92 Å². The number of halogens is 1. The molecule has 0 aliphatic carbocycles. The summed E-state index contributed by atoms with van der Waals surface area (Å²) in [7, 11) is 2.62. The Kier molecular flexibility index (Phi) is 3.58. The molecule has 3 heteroatoms. The van der Waals surface area contributed by atoms with Crippen molar-refractivity contribution in [1.29, 1.82) is 0 Å². The van der Waals surface area contributed by atoms with E-state index in [1.807, 2.05) is 42.5 Å². The number of benzene rings is 1. The Balaban J connectivity index is 2.31. The molecule has 2 unspecified atom stereocenters. The summed E-state index contributed by atoms with van der Waals surface area (Å²) in [5.74, 6) is 0.290. The minimum atomic E-state index is 0.290. The SMILES string of the molecule is CC(c1ccc(Cl)cc1)c1cccc(P)n1. The highest BCUT2D eigenvalue weighted by Crippen LogP contribution is 2.23. The molecule has 1 aromatic carbocycles. The maximum absolute atomic E-state index is 5.87. The molecule has 0 amide bonds. The predicted octanol–water partition coefficient (Wildman–Crippen LogP) is 3.39. The van der Waals surface area contributed by atoms with Gasteiger partial charge >= 0.3 is 0 Å². The van der Waals surface area contributed by atoms with E-state index < -0.39 is 0 Å². The van der Waals surface area contributed by atoms with Gasteiger partial charge in [0.2, 0.25) is 0 Å². The lowest BCUT2D eigenvalue weighted by Crippen LogP contribution is -2.05. The minimum Gasteiger partial charge on any atom is -0.253 e. The molecule has 2 aromatic rings. The van der Waals surface area contributed by atoms with E-state index in [1.54, 1.807) is 0 Å². The van der Waals surface area contributed by atoms with Gasteiger partial charge in [0.05, 0.1) is 5.44 Å². The Morgan fingerprint density at radius 3 is 2.44 bits per heavy atom. The van der Waals surface area contributed by atoms with Crippen molar-refractivity contribution in [3.05, 3.63) is 58.7 Å². The molecule has 82 valence electrons. The second-order valence-corrected chi connectivity index (χ2v) is 4.79. The highest BCUT2D eigenvalue weighted by molar-refractivity contribution is 7.26. The van der Waals surface area contributed by atoms with E-state index >= 15 is 0 Å². The van der Waals surface area contributed by atoms with E-state index in [2.05, 4.69) is 21.1 Å². The molecule has 2 rings (SSSR count). The second kappa shape index (κ2) is 4.95. The van der Waals surface area contributed by atoms with E-state index in [4.69, 9.17) is 11.6 Å². The lowest BCUT2D eigenvalue weighted by Gasteiger charge is -2.11. The zero-order valence-electron chi connectivity index (χ0n) is 9.02. The molecule has 0 fully saturated rings. The molecule has 1 nitrogen and oxygen atoms in total. The van der Waals surface area contributed by atoms with Crippen molar-refractivity contribution in [2.75, 3.05) is 0 Å². The quantitative estimate of drug-likeness (QED) is 0.744. The third kappa shape index (κ3) is 2.61. The van der Waals surface area contributed by atoms with Crippen molar-refractivity contribution in [2.24, 2.45) is 0 Å². The second-order valence-electron chi connectivity index (χ2n) is 3.76. The fourth-order valence-electron chi connectivity index (χ4n) is 1.63. The maximum Gasteiger partial charge on any atom is 0.0572 e. The van der Waals surface area contributed by atoms with Crippen LogP contribution >= 0.6 is 20.8 Å². The number of hydrogen-bond donors (Lipinski definition) is 0. The summed E-state index contributed by atoms with van der Waals surface area (Å²) in [5, 5.41) is 0.767. The van der Waals surface area contributed by atoms with Crippen LogP contribution in [0.25, 0.3) is 0 Å². The topological polar surface area (TPSA) is 12.9 Å². The third-order valence-electron chi connectivity index (χ3n) is 2.61. The van der Waals surface area contributed by atoms with Gasteiger partial charge in [0.1, 0.15) is 0 Å². The molecule has 0 radical (unpaired) electrons. The molecular formula is C13H13ClNP. The van der Waals surface area contributed by atoms with Gasteiger partial charge < -0.3 is 0 Å². The van der Waals surface area contributed by atoms with Crippen LogP contribution in [0.2, 0.25) is 5.02 Å². The van der Waals surface area contributed by atoms with Gasteiger partial charge in [-0.3, -0.25) is 4.98 Å². The standard InChI is InChI=1S/C13H13ClNP/c1-9(10-5-7-11(14)8-6-10)12-3-2-4-13(16)15-12/h2-9H,16H2,1H3. The van der Waals surface area contributed by atoms with Crippen LogP contribution in [0.15, 0.2) is 42.5 Å². The number of pyridine rings is 1. The lowest BCUT2D eigenvalue weighted by atomic mass is 9.97. The Labute approximate surface area is 103 Å². The smallest absolute Gasteiger partial charge is 0.0572 e. The zero-order chi connectivity index (χ0) is 11.5. The van der Waals surface area contributed by atoms with Crippen LogP contribution in [-0.4, -0.2) is 4.98 Å². The molecule has 0 aliphatic rings. The first-order chi connectivity index (χ1) is 7.66. The van der Waals surface area contributed by atoms with E-state index in [1.165, 1.54) is 5.56 Å². The molecule has 0 spiro atoms. The summed E-state index contributed by atoms with van der Waals surface area (Å²) in [5.41, 5.74) is 3.28. The fourth-order valence-corrected chi connectivity index (χ4v) is 2.02. The molecular weight excluding hydrogens is 237 g/mol. The average Bonchev–Trinajstić information content (AvgIpc) is 2.29. The minimum absolute atomic E-state index is 0.290. The first kappa shape index (κ1) is 11.6. The van der Waals surface area contributed by atoms with Gasteiger partial charge in [-0.15, -0.1) is 0 Å². The average molecular weight is 250 g/mol. The molecule has 2 atom stereocenters. The normalized spacial score (nSPS) is 12.4. The van der Waals surface area contributed by atoms with Crippen LogP contribution in [0, 0.1) is 0 Å². The third-order valence-corrected chi connectivity index (χ3v) is 3.18. The van der Waals surface area contributed by atoms with Crippen molar-refractivity contribution < 1.29 is 0 Å². The summed E-state index contributed by atoms with van der Waals surface area (Å²) in [6, 6.07) is 14.0. The fraction of sp³-hybridized carbons (Fsp3) is 0.154. The molecule has 16 heavy (non-hydrogen) atoms. The van der Waals surface area contributed by atoms with E-state index in [0.29, 0.717) is 0 Å². The molecule has 0 saturated heterocycles. The number of aromatic nitrogens is 1. The summed E-state index contributed by atoms with van der Waals surface area (Å²) < 4.78 is 0. The summed E-state index contributed by atoms with van der Waals surface area (Å²) in [6.45, 7) is 2.15. The van der Waals surface area contributed by atoms with Crippen molar-refractivity contribution in [2.45, 2.75) is 12.8 Å². The highest BCUT2D eigenvalue weighted by Gasteiger charge is 2.09. The zero-order valence-corrected chi connectivity index (χ0v) is 10.9. The first-order valence-corrected chi connectivity index (χ1v) is 6.10. The summed E-state index contributed by atoms with van der Waals surface area (Å²) in [6.07, 6.45) is 0. The van der Waals surface area contributed by atoms with Gasteiger partial charge in [0.25, 0.3) is 0 Å². The van der Waals surface area contributed by atoms with Gasteiger partial charge in [0, 0.05) is 16.6 Å². The van der Waals surface area contributed by atoms with Gasteiger partial charge in [0.15, 0.2) is 0 Å². The van der Waals surface area contributed by atoms with Crippen LogP contribution < -0.4 is 5.44 Å². The van der Waals surface area contributed by atoms with E-state index in [9.17, 15) is 0 Å². The number of rotatable bonds is 2. The molecule has 1 heterocycles.